The van der Waals surface area contributed by atoms with E-state index in [-0.39, 0.29) is 23.9 Å². The van der Waals surface area contributed by atoms with Gasteiger partial charge in [0.1, 0.15) is 4.90 Å². The molecule has 1 saturated carbocycles. The third kappa shape index (κ3) is 3.54. The van der Waals surface area contributed by atoms with Gasteiger partial charge in [0.25, 0.3) is 0 Å². The van der Waals surface area contributed by atoms with Gasteiger partial charge in [0.05, 0.1) is 19.2 Å². The zero-order chi connectivity index (χ0) is 14.0. The van der Waals surface area contributed by atoms with Gasteiger partial charge in [-0.1, -0.05) is 6.92 Å². The van der Waals surface area contributed by atoms with Gasteiger partial charge < -0.3 is 5.11 Å². The Morgan fingerprint density at radius 3 is 2.84 bits per heavy atom. The Morgan fingerprint density at radius 2 is 2.26 bits per heavy atom. The summed E-state index contributed by atoms with van der Waals surface area (Å²) in [7, 11) is -3.54. The largest absolute Gasteiger partial charge is 0.481 e. The maximum Gasteiger partial charge on any atom is 0.305 e. The number of nitrogens with zero attached hydrogens (tertiary/aromatic N) is 2. The van der Waals surface area contributed by atoms with E-state index in [1.165, 1.54) is 17.1 Å². The molecule has 0 bridgehead atoms. The minimum atomic E-state index is -3.54. The van der Waals surface area contributed by atoms with Crippen molar-refractivity contribution in [2.75, 3.05) is 0 Å². The Morgan fingerprint density at radius 1 is 1.58 bits per heavy atom. The smallest absolute Gasteiger partial charge is 0.305 e. The topological polar surface area (TPSA) is 101 Å². The van der Waals surface area contributed by atoms with Crippen LogP contribution in [0.25, 0.3) is 0 Å². The van der Waals surface area contributed by atoms with Gasteiger partial charge in [0, 0.05) is 12.2 Å². The van der Waals surface area contributed by atoms with E-state index in [0.29, 0.717) is 5.92 Å². The van der Waals surface area contributed by atoms with E-state index >= 15 is 0 Å². The first-order valence-corrected chi connectivity index (χ1v) is 7.62. The van der Waals surface area contributed by atoms with Crippen LogP contribution in [-0.4, -0.2) is 35.3 Å². The third-order valence-electron chi connectivity index (χ3n) is 3.17. The lowest BCUT2D eigenvalue weighted by molar-refractivity contribution is -0.137. The molecule has 1 fully saturated rings. The molecule has 2 rings (SSSR count). The van der Waals surface area contributed by atoms with Crippen LogP contribution in [0.5, 0.6) is 0 Å². The molecule has 1 heterocycles. The molecule has 1 aromatic heterocycles. The molecule has 0 amide bonds. The molecule has 1 aliphatic rings. The summed E-state index contributed by atoms with van der Waals surface area (Å²) < 4.78 is 28.0. The first-order valence-electron chi connectivity index (χ1n) is 6.13. The van der Waals surface area contributed by atoms with E-state index in [1.807, 2.05) is 0 Å². The van der Waals surface area contributed by atoms with Crippen molar-refractivity contribution in [1.82, 2.24) is 14.5 Å². The summed E-state index contributed by atoms with van der Waals surface area (Å²) in [6, 6.07) is 0.00219. The average molecular weight is 287 g/mol. The zero-order valence-electron chi connectivity index (χ0n) is 10.6. The molecule has 19 heavy (non-hydrogen) atoms. The van der Waals surface area contributed by atoms with E-state index in [0.717, 1.165) is 12.8 Å². The van der Waals surface area contributed by atoms with Gasteiger partial charge in [0.15, 0.2) is 0 Å². The average Bonchev–Trinajstić information content (AvgIpc) is 2.73. The number of aryl methyl sites for hydroxylation is 1. The predicted octanol–water partition coefficient (Wildman–Crippen LogP) is 0.435. The van der Waals surface area contributed by atoms with Gasteiger partial charge in [-0.15, -0.1) is 0 Å². The molecule has 1 aromatic rings. The van der Waals surface area contributed by atoms with Gasteiger partial charge in [0.2, 0.25) is 10.0 Å². The van der Waals surface area contributed by atoms with Gasteiger partial charge in [-0.05, 0) is 18.8 Å². The maximum absolute atomic E-state index is 12.0. The van der Waals surface area contributed by atoms with Crippen molar-refractivity contribution in [2.24, 2.45) is 5.92 Å². The second-order valence-electron chi connectivity index (χ2n) is 4.98. The van der Waals surface area contributed by atoms with Gasteiger partial charge >= 0.3 is 5.97 Å². The van der Waals surface area contributed by atoms with Crippen LogP contribution >= 0.6 is 0 Å². The molecule has 2 N–H and O–H groups in total. The van der Waals surface area contributed by atoms with Crippen molar-refractivity contribution >= 4 is 16.0 Å². The van der Waals surface area contributed by atoms with Crippen LogP contribution in [-0.2, 0) is 21.4 Å². The number of aromatic nitrogens is 2. The summed E-state index contributed by atoms with van der Waals surface area (Å²) >= 11 is 0. The first-order chi connectivity index (χ1) is 8.87. The van der Waals surface area contributed by atoms with Crippen LogP contribution < -0.4 is 4.72 Å². The molecule has 0 unspecified atom stereocenters. The van der Waals surface area contributed by atoms with E-state index in [2.05, 4.69) is 16.7 Å². The highest BCUT2D eigenvalue weighted by molar-refractivity contribution is 7.89. The summed E-state index contributed by atoms with van der Waals surface area (Å²) in [6.45, 7) is 2.24. The van der Waals surface area contributed by atoms with Crippen molar-refractivity contribution in [3.05, 3.63) is 12.4 Å². The third-order valence-corrected chi connectivity index (χ3v) is 4.65. The molecule has 8 heteroatoms. The number of hydrogen-bond acceptors (Lipinski definition) is 4. The number of nitrogens with one attached hydrogen (secondary N) is 1. The van der Waals surface area contributed by atoms with Crippen LogP contribution in [0.1, 0.15) is 26.2 Å². The van der Waals surface area contributed by atoms with Crippen molar-refractivity contribution in [1.29, 1.82) is 0 Å². The fraction of sp³-hybridized carbons (Fsp3) is 0.636. The summed E-state index contributed by atoms with van der Waals surface area (Å²) in [5.41, 5.74) is 0. The fourth-order valence-corrected chi connectivity index (χ4v) is 3.32. The second kappa shape index (κ2) is 5.30. The summed E-state index contributed by atoms with van der Waals surface area (Å²) in [5.74, 6) is -0.382. The Labute approximate surface area is 111 Å². The molecule has 1 aliphatic carbocycles. The number of rotatable bonds is 6. The van der Waals surface area contributed by atoms with Crippen molar-refractivity contribution in [2.45, 2.75) is 43.7 Å². The van der Waals surface area contributed by atoms with Crippen LogP contribution in [0.4, 0.5) is 0 Å². The minimum absolute atomic E-state index is 0.00219. The maximum atomic E-state index is 12.0. The van der Waals surface area contributed by atoms with E-state index in [4.69, 9.17) is 5.11 Å². The van der Waals surface area contributed by atoms with Crippen LogP contribution in [0.2, 0.25) is 0 Å². The second-order valence-corrected chi connectivity index (χ2v) is 6.69. The molecule has 0 aliphatic heterocycles. The lowest BCUT2D eigenvalue weighted by Gasteiger charge is -2.32. The quantitative estimate of drug-likeness (QED) is 0.790. The number of sulfonamides is 1. The number of carboxylic acid groups (broad SMARTS) is 1. The molecular formula is C11H17N3O4S. The van der Waals surface area contributed by atoms with Gasteiger partial charge in [-0.3, -0.25) is 9.48 Å². The lowest BCUT2D eigenvalue weighted by atomic mass is 9.83. The monoisotopic (exact) mass is 287 g/mol. The van der Waals surface area contributed by atoms with Crippen molar-refractivity contribution in [3.63, 3.8) is 0 Å². The van der Waals surface area contributed by atoms with Gasteiger partial charge in [-0.25, -0.2) is 13.1 Å². The normalized spacial score (nSPS) is 23.0. The van der Waals surface area contributed by atoms with Crippen LogP contribution in [0, 0.1) is 5.92 Å². The summed E-state index contributed by atoms with van der Waals surface area (Å²) in [5, 5.41) is 12.4. The Balaban J connectivity index is 1.98. The summed E-state index contributed by atoms with van der Waals surface area (Å²) in [4.78, 5) is 10.5. The lowest BCUT2D eigenvalue weighted by Crippen LogP contribution is -2.43. The fourth-order valence-electron chi connectivity index (χ4n) is 2.10. The van der Waals surface area contributed by atoms with Crippen molar-refractivity contribution < 1.29 is 18.3 Å². The van der Waals surface area contributed by atoms with Gasteiger partial charge in [-0.2, -0.15) is 5.10 Å². The number of carboxylic acids is 1. The number of carbonyl (C=O) groups is 1. The Kier molecular flexibility index (Phi) is 3.91. The molecule has 106 valence electrons. The highest BCUT2D eigenvalue weighted by Gasteiger charge is 2.30. The Hall–Kier alpha value is -1.41. The zero-order valence-corrected chi connectivity index (χ0v) is 11.4. The molecule has 0 spiro atoms. The highest BCUT2D eigenvalue weighted by Crippen LogP contribution is 2.27. The molecule has 0 radical (unpaired) electrons. The molecule has 0 saturated heterocycles. The number of hydrogen-bond donors (Lipinski definition) is 2. The van der Waals surface area contributed by atoms with E-state index in [1.54, 1.807) is 0 Å². The molecule has 0 atom stereocenters. The minimum Gasteiger partial charge on any atom is -0.481 e. The first kappa shape index (κ1) is 14.0. The standard InChI is InChI=1S/C11H17N3O4S/c1-8-4-9(5-8)13-19(17,18)10-6-12-14(7-10)3-2-11(15)16/h6-9,13H,2-5H2,1H3,(H,15,16). The Bertz CT molecular complexity index is 560. The van der Waals surface area contributed by atoms with Crippen LogP contribution in [0.15, 0.2) is 17.3 Å². The van der Waals surface area contributed by atoms with Crippen LogP contribution in [0.3, 0.4) is 0 Å². The van der Waals surface area contributed by atoms with Crippen molar-refractivity contribution in [3.8, 4) is 0 Å². The SMILES string of the molecule is CC1CC(NS(=O)(=O)c2cnn(CCC(=O)O)c2)C1. The van der Waals surface area contributed by atoms with E-state index in [9.17, 15) is 13.2 Å². The summed E-state index contributed by atoms with van der Waals surface area (Å²) in [6.07, 6.45) is 4.22. The molecule has 0 aromatic carbocycles. The van der Waals surface area contributed by atoms with E-state index < -0.39 is 16.0 Å². The molecule has 7 nitrogen and oxygen atoms in total. The number of aliphatic carboxylic acids is 1. The molecular weight excluding hydrogens is 270 g/mol. The predicted molar refractivity (Wildman–Crippen MR) is 67.0 cm³/mol. The highest BCUT2D eigenvalue weighted by atomic mass is 32.2.